The third-order valence-corrected chi connectivity index (χ3v) is 3.40. The van der Waals surface area contributed by atoms with Crippen LogP contribution in [0.4, 0.5) is 0 Å². The van der Waals surface area contributed by atoms with Crippen molar-refractivity contribution in [3.05, 3.63) is 0 Å². The van der Waals surface area contributed by atoms with Gasteiger partial charge in [-0.1, -0.05) is 31.8 Å². The summed E-state index contributed by atoms with van der Waals surface area (Å²) in [6.07, 6.45) is 7.36. The van der Waals surface area contributed by atoms with Crippen LogP contribution < -0.4 is 5.73 Å². The van der Waals surface area contributed by atoms with Crippen LogP contribution in [0.15, 0.2) is 5.16 Å². The van der Waals surface area contributed by atoms with E-state index in [-0.39, 0.29) is 5.41 Å². The molecule has 0 bridgehead atoms. The van der Waals surface area contributed by atoms with Crippen molar-refractivity contribution in [3.8, 4) is 0 Å². The first-order chi connectivity index (χ1) is 7.56. The molecular formula is C12H24N2O2. The minimum Gasteiger partial charge on any atom is -0.409 e. The van der Waals surface area contributed by atoms with Crippen LogP contribution in [0.1, 0.15) is 52.4 Å². The lowest BCUT2D eigenvalue weighted by molar-refractivity contribution is 0.0531. The fraction of sp³-hybridized carbons (Fsp3) is 0.917. The molecule has 1 aliphatic rings. The Morgan fingerprint density at radius 3 is 2.62 bits per heavy atom. The Balaban J connectivity index is 2.14. The molecule has 0 atom stereocenters. The monoisotopic (exact) mass is 228 g/mol. The van der Waals surface area contributed by atoms with Crippen molar-refractivity contribution in [2.24, 2.45) is 16.3 Å². The molecule has 0 radical (unpaired) electrons. The van der Waals surface area contributed by atoms with Crippen LogP contribution in [0.3, 0.4) is 0 Å². The molecule has 1 aliphatic carbocycles. The van der Waals surface area contributed by atoms with Gasteiger partial charge in [-0.25, -0.2) is 0 Å². The van der Waals surface area contributed by atoms with Gasteiger partial charge in [0.25, 0.3) is 0 Å². The van der Waals surface area contributed by atoms with Crippen LogP contribution in [0.25, 0.3) is 0 Å². The molecule has 4 heteroatoms. The summed E-state index contributed by atoms with van der Waals surface area (Å²) < 4.78 is 5.77. The van der Waals surface area contributed by atoms with Crippen molar-refractivity contribution >= 4 is 5.84 Å². The van der Waals surface area contributed by atoms with E-state index in [9.17, 15) is 0 Å². The predicted molar refractivity (Wildman–Crippen MR) is 64.6 cm³/mol. The van der Waals surface area contributed by atoms with Crippen molar-refractivity contribution in [2.45, 2.75) is 58.5 Å². The maximum atomic E-state index is 8.63. The number of nitrogens with zero attached hydrogens (tertiary/aromatic N) is 1. The maximum absolute atomic E-state index is 8.63. The largest absolute Gasteiger partial charge is 0.409 e. The van der Waals surface area contributed by atoms with E-state index in [0.29, 0.717) is 11.9 Å². The fourth-order valence-corrected chi connectivity index (χ4v) is 2.08. The summed E-state index contributed by atoms with van der Waals surface area (Å²) in [6, 6.07) is 0. The second-order valence-corrected chi connectivity index (χ2v) is 5.25. The smallest absolute Gasteiger partial charge is 0.144 e. The third kappa shape index (κ3) is 4.00. The highest BCUT2D eigenvalue weighted by Gasteiger charge is 2.23. The summed E-state index contributed by atoms with van der Waals surface area (Å²) >= 11 is 0. The van der Waals surface area contributed by atoms with Crippen molar-refractivity contribution in [2.75, 3.05) is 6.61 Å². The van der Waals surface area contributed by atoms with Crippen molar-refractivity contribution in [3.63, 3.8) is 0 Å². The van der Waals surface area contributed by atoms with Gasteiger partial charge in [0.2, 0.25) is 0 Å². The van der Waals surface area contributed by atoms with Crippen molar-refractivity contribution in [1.29, 1.82) is 0 Å². The lowest BCUT2D eigenvalue weighted by atomic mass is 9.87. The Hall–Kier alpha value is -0.770. The normalized spacial score (nSPS) is 19.2. The van der Waals surface area contributed by atoms with E-state index in [1.807, 2.05) is 13.8 Å². The SMILES string of the molecule is CC(C)(CCCOC1CCCC1)C(N)=NO. The van der Waals surface area contributed by atoms with Crippen LogP contribution in [0, 0.1) is 5.41 Å². The average molecular weight is 228 g/mol. The first kappa shape index (κ1) is 13.3. The average Bonchev–Trinajstić information content (AvgIpc) is 2.76. The molecule has 0 heterocycles. The zero-order valence-electron chi connectivity index (χ0n) is 10.4. The Bertz CT molecular complexity index is 233. The van der Waals surface area contributed by atoms with Gasteiger partial charge in [0.05, 0.1) is 6.10 Å². The van der Waals surface area contributed by atoms with E-state index < -0.39 is 0 Å². The summed E-state index contributed by atoms with van der Waals surface area (Å²) in [4.78, 5) is 0. The summed E-state index contributed by atoms with van der Waals surface area (Å²) in [5, 5.41) is 11.7. The number of rotatable bonds is 6. The van der Waals surface area contributed by atoms with Crippen LogP contribution in [0.2, 0.25) is 0 Å². The molecule has 0 spiro atoms. The van der Waals surface area contributed by atoms with E-state index in [1.165, 1.54) is 25.7 Å². The number of hydrogen-bond donors (Lipinski definition) is 2. The predicted octanol–water partition coefficient (Wildman–Crippen LogP) is 2.50. The first-order valence-electron chi connectivity index (χ1n) is 6.16. The quantitative estimate of drug-likeness (QED) is 0.241. The van der Waals surface area contributed by atoms with Crippen LogP contribution in [-0.2, 0) is 4.74 Å². The van der Waals surface area contributed by atoms with E-state index in [2.05, 4.69) is 5.16 Å². The molecule has 1 rings (SSSR count). The molecule has 94 valence electrons. The summed E-state index contributed by atoms with van der Waals surface area (Å²) in [5.41, 5.74) is 5.37. The summed E-state index contributed by atoms with van der Waals surface area (Å²) in [5.74, 6) is 0.299. The van der Waals surface area contributed by atoms with Gasteiger partial charge in [-0.3, -0.25) is 0 Å². The van der Waals surface area contributed by atoms with Crippen LogP contribution in [0.5, 0.6) is 0 Å². The Kier molecular flexibility index (Phi) is 5.06. The van der Waals surface area contributed by atoms with Gasteiger partial charge >= 0.3 is 0 Å². The van der Waals surface area contributed by atoms with Gasteiger partial charge in [-0.05, 0) is 25.7 Å². The molecule has 16 heavy (non-hydrogen) atoms. The maximum Gasteiger partial charge on any atom is 0.144 e. The highest BCUT2D eigenvalue weighted by atomic mass is 16.5. The molecule has 1 fully saturated rings. The third-order valence-electron chi connectivity index (χ3n) is 3.40. The van der Waals surface area contributed by atoms with Crippen molar-refractivity contribution in [1.82, 2.24) is 0 Å². The Morgan fingerprint density at radius 1 is 1.44 bits per heavy atom. The van der Waals surface area contributed by atoms with Gasteiger partial charge in [0.15, 0.2) is 0 Å². The standard InChI is InChI=1S/C12H24N2O2/c1-12(2,11(13)14-15)8-5-9-16-10-6-3-4-7-10/h10,15H,3-9H2,1-2H3,(H2,13,14). The topological polar surface area (TPSA) is 67.8 Å². The Labute approximate surface area is 97.8 Å². The second kappa shape index (κ2) is 6.09. The molecule has 0 aromatic carbocycles. The first-order valence-corrected chi connectivity index (χ1v) is 6.16. The fourth-order valence-electron chi connectivity index (χ4n) is 2.08. The van der Waals surface area contributed by atoms with E-state index >= 15 is 0 Å². The number of ether oxygens (including phenoxy) is 1. The number of hydrogen-bond acceptors (Lipinski definition) is 3. The molecule has 0 unspecified atom stereocenters. The van der Waals surface area contributed by atoms with Gasteiger partial charge in [0.1, 0.15) is 5.84 Å². The highest BCUT2D eigenvalue weighted by molar-refractivity contribution is 5.85. The summed E-state index contributed by atoms with van der Waals surface area (Å²) in [6.45, 7) is 4.75. The molecule has 3 N–H and O–H groups in total. The number of nitrogens with two attached hydrogens (primary N) is 1. The van der Waals surface area contributed by atoms with Crippen LogP contribution in [-0.4, -0.2) is 23.8 Å². The van der Waals surface area contributed by atoms with Crippen molar-refractivity contribution < 1.29 is 9.94 Å². The molecule has 0 aromatic heterocycles. The number of amidine groups is 1. The van der Waals surface area contributed by atoms with Gasteiger partial charge in [0, 0.05) is 12.0 Å². The lowest BCUT2D eigenvalue weighted by Crippen LogP contribution is -2.32. The lowest BCUT2D eigenvalue weighted by Gasteiger charge is -2.23. The highest BCUT2D eigenvalue weighted by Crippen LogP contribution is 2.24. The van der Waals surface area contributed by atoms with E-state index in [4.69, 9.17) is 15.7 Å². The minimum absolute atomic E-state index is 0.242. The Morgan fingerprint density at radius 2 is 2.06 bits per heavy atom. The molecule has 0 aromatic rings. The summed E-state index contributed by atoms with van der Waals surface area (Å²) in [7, 11) is 0. The zero-order chi connectivity index (χ0) is 12.0. The van der Waals surface area contributed by atoms with Crippen LogP contribution >= 0.6 is 0 Å². The molecule has 1 saturated carbocycles. The number of oxime groups is 1. The molecular weight excluding hydrogens is 204 g/mol. The van der Waals surface area contributed by atoms with Gasteiger partial charge < -0.3 is 15.7 Å². The molecule has 0 saturated heterocycles. The zero-order valence-corrected chi connectivity index (χ0v) is 10.4. The molecule has 0 aliphatic heterocycles. The minimum atomic E-state index is -0.242. The van der Waals surface area contributed by atoms with E-state index in [0.717, 1.165) is 19.4 Å². The molecule has 4 nitrogen and oxygen atoms in total. The second-order valence-electron chi connectivity index (χ2n) is 5.25. The van der Waals surface area contributed by atoms with E-state index in [1.54, 1.807) is 0 Å². The van der Waals surface area contributed by atoms with Gasteiger partial charge in [-0.15, -0.1) is 0 Å². The molecule has 0 amide bonds. The van der Waals surface area contributed by atoms with Gasteiger partial charge in [-0.2, -0.15) is 0 Å².